The van der Waals surface area contributed by atoms with Gasteiger partial charge in [-0.25, -0.2) is 0 Å². The fourth-order valence-corrected chi connectivity index (χ4v) is 4.25. The van der Waals surface area contributed by atoms with Gasteiger partial charge in [0.05, 0.1) is 7.11 Å². The van der Waals surface area contributed by atoms with Gasteiger partial charge in [0, 0.05) is 23.1 Å². The molecule has 0 unspecified atom stereocenters. The minimum atomic E-state index is 0. The van der Waals surface area contributed by atoms with Crippen LogP contribution in [0.25, 0.3) is 22.0 Å². The molecule has 0 fully saturated rings. The van der Waals surface area contributed by atoms with Gasteiger partial charge in [-0.1, -0.05) is 36.4 Å². The second-order valence-electron chi connectivity index (χ2n) is 7.81. The van der Waals surface area contributed by atoms with Crippen LogP contribution in [0.4, 0.5) is 0 Å². The molecule has 4 aromatic rings. The zero-order chi connectivity index (χ0) is 21.2. The van der Waals surface area contributed by atoms with E-state index in [1.807, 2.05) is 12.1 Å². The number of rotatable bonds is 7. The highest BCUT2D eigenvalue weighted by Gasteiger charge is 2.20. The highest BCUT2D eigenvalue weighted by Crippen LogP contribution is 2.41. The zero-order valence-corrected chi connectivity index (χ0v) is 19.1. The van der Waals surface area contributed by atoms with Crippen molar-refractivity contribution in [3.63, 3.8) is 0 Å². The van der Waals surface area contributed by atoms with E-state index >= 15 is 0 Å². The van der Waals surface area contributed by atoms with Crippen molar-refractivity contribution in [2.75, 3.05) is 20.4 Å². The van der Waals surface area contributed by atoms with Crippen LogP contribution in [0.1, 0.15) is 16.8 Å². The Morgan fingerprint density at radius 2 is 1.84 bits per heavy atom. The van der Waals surface area contributed by atoms with Gasteiger partial charge in [-0.05, 0) is 66.4 Å². The number of hydrogen-bond acceptors (Lipinski definition) is 4. The third-order valence-corrected chi connectivity index (χ3v) is 5.83. The maximum atomic E-state index is 5.52. The second-order valence-corrected chi connectivity index (χ2v) is 7.81. The van der Waals surface area contributed by atoms with Gasteiger partial charge in [0.1, 0.15) is 0 Å². The Kier molecular flexibility index (Phi) is 6.58. The van der Waals surface area contributed by atoms with E-state index in [1.165, 1.54) is 33.3 Å². The Hall–Kier alpha value is -3.15. The summed E-state index contributed by atoms with van der Waals surface area (Å²) in [7, 11) is 1.65. The summed E-state index contributed by atoms with van der Waals surface area (Å²) < 4.78 is 16.4. The lowest BCUT2D eigenvalue weighted by atomic mass is 10.0. The first-order valence-electron chi connectivity index (χ1n) is 10.6. The number of nitrogens with one attached hydrogen (secondary N) is 2. The molecule has 3 aromatic carbocycles. The van der Waals surface area contributed by atoms with Crippen LogP contribution >= 0.6 is 12.4 Å². The minimum absolute atomic E-state index is 0. The Bertz CT molecular complexity index is 1220. The molecule has 0 atom stereocenters. The van der Waals surface area contributed by atoms with Crippen LogP contribution in [0, 0.1) is 6.92 Å². The molecule has 2 N–H and O–H groups in total. The van der Waals surface area contributed by atoms with Gasteiger partial charge in [-0.3, -0.25) is 0 Å². The van der Waals surface area contributed by atoms with E-state index in [-0.39, 0.29) is 19.2 Å². The van der Waals surface area contributed by atoms with Crippen molar-refractivity contribution < 1.29 is 14.2 Å². The number of hydrogen-bond donors (Lipinski definition) is 2. The fraction of sp³-hybridized carbons (Fsp3) is 0.231. The molecule has 32 heavy (non-hydrogen) atoms. The molecule has 0 amide bonds. The lowest BCUT2D eigenvalue weighted by Crippen LogP contribution is -2.17. The summed E-state index contributed by atoms with van der Waals surface area (Å²) in [6.07, 6.45) is 0.950. The van der Waals surface area contributed by atoms with Crippen molar-refractivity contribution in [2.45, 2.75) is 19.9 Å². The van der Waals surface area contributed by atoms with E-state index in [2.05, 4.69) is 65.8 Å². The Morgan fingerprint density at radius 3 is 2.66 bits per heavy atom. The average molecular weight is 451 g/mol. The molecule has 1 aliphatic rings. The van der Waals surface area contributed by atoms with Crippen molar-refractivity contribution in [3.8, 4) is 28.4 Å². The van der Waals surface area contributed by atoms with Crippen LogP contribution in [0.3, 0.4) is 0 Å². The maximum absolute atomic E-state index is 5.52. The van der Waals surface area contributed by atoms with Crippen LogP contribution in [0.15, 0.2) is 60.7 Å². The summed E-state index contributed by atoms with van der Waals surface area (Å²) in [6, 6.07) is 21.2. The maximum Gasteiger partial charge on any atom is 0.231 e. The first kappa shape index (κ1) is 22.1. The largest absolute Gasteiger partial charge is 0.493 e. The van der Waals surface area contributed by atoms with Gasteiger partial charge in [0.2, 0.25) is 12.5 Å². The number of aryl methyl sites for hydroxylation is 1. The number of methoxy groups -OCH3 is 1. The molecule has 0 aliphatic carbocycles. The van der Waals surface area contributed by atoms with E-state index in [9.17, 15) is 0 Å². The van der Waals surface area contributed by atoms with Crippen molar-refractivity contribution in [2.24, 2.45) is 0 Å². The van der Waals surface area contributed by atoms with Crippen molar-refractivity contribution in [1.29, 1.82) is 0 Å². The van der Waals surface area contributed by atoms with Crippen molar-refractivity contribution >= 4 is 23.3 Å². The topological polar surface area (TPSA) is 55.5 Å². The van der Waals surface area contributed by atoms with Gasteiger partial charge in [0.15, 0.2) is 11.5 Å². The van der Waals surface area contributed by atoms with E-state index in [1.54, 1.807) is 7.11 Å². The highest BCUT2D eigenvalue weighted by atomic mass is 35.5. The summed E-state index contributed by atoms with van der Waals surface area (Å²) >= 11 is 0. The summed E-state index contributed by atoms with van der Waals surface area (Å²) in [4.78, 5) is 3.53. The van der Waals surface area contributed by atoms with Gasteiger partial charge >= 0.3 is 0 Å². The summed E-state index contributed by atoms with van der Waals surface area (Å²) in [5.74, 6) is 2.15. The van der Waals surface area contributed by atoms with Gasteiger partial charge in [-0.2, -0.15) is 0 Å². The number of ether oxygens (including phenoxy) is 3. The van der Waals surface area contributed by atoms with Crippen molar-refractivity contribution in [1.82, 2.24) is 10.3 Å². The lowest BCUT2D eigenvalue weighted by molar-refractivity contribution is 0.171. The predicted molar refractivity (Wildman–Crippen MR) is 130 cm³/mol. The van der Waals surface area contributed by atoms with E-state index < -0.39 is 0 Å². The summed E-state index contributed by atoms with van der Waals surface area (Å²) in [6.45, 7) is 4.01. The molecule has 0 spiro atoms. The van der Waals surface area contributed by atoms with Crippen LogP contribution in [0.5, 0.6) is 17.2 Å². The molecule has 1 aromatic heterocycles. The van der Waals surface area contributed by atoms with Crippen LogP contribution in [-0.4, -0.2) is 25.4 Å². The molecular weight excluding hydrogens is 424 g/mol. The molecule has 5 nitrogen and oxygen atoms in total. The standard InChI is InChI=1S/C26H26N2O3.ClH/c1-17-21(22-14-20(8-9-23(22)28-17)19-6-4-3-5-7-19)10-11-27-15-18-12-24(29-2)26-25(13-18)30-16-31-26;/h3-9,12-14,27-28H,10-11,15-16H2,1-2H3;1H. The number of halogens is 1. The predicted octanol–water partition coefficient (Wildman–Crippen LogP) is 5.63. The quantitative estimate of drug-likeness (QED) is 0.358. The monoisotopic (exact) mass is 450 g/mol. The molecule has 0 radical (unpaired) electrons. The molecular formula is C26H27ClN2O3. The third-order valence-electron chi connectivity index (χ3n) is 5.83. The minimum Gasteiger partial charge on any atom is -0.493 e. The van der Waals surface area contributed by atoms with Crippen LogP contribution in [0.2, 0.25) is 0 Å². The lowest BCUT2D eigenvalue weighted by Gasteiger charge is -2.10. The third kappa shape index (κ3) is 4.27. The summed E-state index contributed by atoms with van der Waals surface area (Å²) in [5.41, 5.74) is 7.38. The normalized spacial score (nSPS) is 12.1. The van der Waals surface area contributed by atoms with Crippen molar-refractivity contribution in [3.05, 3.63) is 77.5 Å². The molecule has 0 saturated heterocycles. The van der Waals surface area contributed by atoms with Gasteiger partial charge < -0.3 is 24.5 Å². The summed E-state index contributed by atoms with van der Waals surface area (Å²) in [5, 5.41) is 4.85. The first-order valence-corrected chi connectivity index (χ1v) is 10.6. The number of fused-ring (bicyclic) bond motifs is 2. The molecule has 6 heteroatoms. The van der Waals surface area contributed by atoms with Gasteiger partial charge in [0.25, 0.3) is 0 Å². The zero-order valence-electron chi connectivity index (χ0n) is 18.2. The second kappa shape index (κ2) is 9.55. The van der Waals surface area contributed by atoms with E-state index in [4.69, 9.17) is 14.2 Å². The SMILES string of the molecule is COc1cc(CNCCc2c(C)[nH]c3ccc(-c4ccccc4)cc23)cc2c1OCO2.Cl. The fourth-order valence-electron chi connectivity index (χ4n) is 4.25. The van der Waals surface area contributed by atoms with Crippen LogP contribution < -0.4 is 19.5 Å². The highest BCUT2D eigenvalue weighted by molar-refractivity contribution is 5.89. The number of benzene rings is 3. The number of H-pyrrole nitrogens is 1. The number of aromatic nitrogens is 1. The first-order chi connectivity index (χ1) is 15.2. The molecule has 166 valence electrons. The molecule has 5 rings (SSSR count). The molecule has 2 heterocycles. The molecule has 0 bridgehead atoms. The van der Waals surface area contributed by atoms with Gasteiger partial charge in [-0.15, -0.1) is 12.4 Å². The Labute approximate surface area is 194 Å². The Balaban J connectivity index is 0.00000245. The van der Waals surface area contributed by atoms with E-state index in [0.29, 0.717) is 11.5 Å². The van der Waals surface area contributed by atoms with Crippen LogP contribution in [-0.2, 0) is 13.0 Å². The average Bonchev–Trinajstić information content (AvgIpc) is 3.40. The molecule has 0 saturated carbocycles. The molecule has 1 aliphatic heterocycles. The van der Waals surface area contributed by atoms with E-state index in [0.717, 1.165) is 30.8 Å². The smallest absolute Gasteiger partial charge is 0.231 e. The Morgan fingerprint density at radius 1 is 1.00 bits per heavy atom. The number of aromatic amines is 1.